The van der Waals surface area contributed by atoms with Crippen LogP contribution in [0.1, 0.15) is 11.3 Å². The van der Waals surface area contributed by atoms with Crippen molar-refractivity contribution < 1.29 is 22.7 Å². The van der Waals surface area contributed by atoms with Crippen LogP contribution in [0, 0.1) is 0 Å². The van der Waals surface area contributed by atoms with Crippen molar-refractivity contribution >= 4 is 38.7 Å². The quantitative estimate of drug-likeness (QED) is 0.533. The van der Waals surface area contributed by atoms with Crippen molar-refractivity contribution in [3.8, 4) is 5.75 Å². The second-order valence-electron chi connectivity index (χ2n) is 6.16. The summed E-state index contributed by atoms with van der Waals surface area (Å²) in [5.41, 5.74) is -0.0418. The monoisotopic (exact) mass is 405 g/mol. The number of benzene rings is 2. The summed E-state index contributed by atoms with van der Waals surface area (Å²) in [7, 11) is 1.58. The van der Waals surface area contributed by atoms with E-state index in [4.69, 9.17) is 4.74 Å². The zero-order valence-electron chi connectivity index (χ0n) is 14.6. The molecule has 0 aliphatic heterocycles. The molecule has 144 valence electrons. The molecule has 2 heterocycles. The summed E-state index contributed by atoms with van der Waals surface area (Å²) < 4.78 is 45.0. The first-order valence-corrected chi connectivity index (χ1v) is 9.11. The molecule has 0 aliphatic rings. The summed E-state index contributed by atoms with van der Waals surface area (Å²) >= 11 is 0.880. The molecule has 4 aromatic rings. The number of carbonyl (C=O) groups is 1. The highest BCUT2D eigenvalue weighted by atomic mass is 32.1. The molecule has 9 heteroatoms. The number of methoxy groups -OCH3 is 1. The van der Waals surface area contributed by atoms with Gasteiger partial charge in [-0.1, -0.05) is 24.3 Å². The highest BCUT2D eigenvalue weighted by Gasteiger charge is 2.35. The maximum atomic E-state index is 13.0. The number of amides is 1. The Morgan fingerprint density at radius 3 is 2.75 bits per heavy atom. The van der Waals surface area contributed by atoms with Gasteiger partial charge in [0.1, 0.15) is 22.6 Å². The van der Waals surface area contributed by atoms with Crippen LogP contribution in [0.15, 0.2) is 48.1 Å². The molecule has 2 aromatic heterocycles. The number of nitrogens with zero attached hydrogens (tertiary/aromatic N) is 2. The van der Waals surface area contributed by atoms with E-state index in [2.05, 4.69) is 10.3 Å². The van der Waals surface area contributed by atoms with E-state index in [1.54, 1.807) is 7.11 Å². The van der Waals surface area contributed by atoms with E-state index < -0.39 is 11.9 Å². The van der Waals surface area contributed by atoms with E-state index in [0.29, 0.717) is 5.75 Å². The molecular formula is C19H14F3N3O2S. The largest absolute Gasteiger partial charge is 0.497 e. The van der Waals surface area contributed by atoms with Crippen molar-refractivity contribution in [3.05, 3.63) is 59.4 Å². The van der Waals surface area contributed by atoms with E-state index in [1.165, 1.54) is 0 Å². The molecule has 0 aliphatic carbocycles. The average Bonchev–Trinajstić information content (AvgIpc) is 3.23. The third-order valence-corrected chi connectivity index (χ3v) is 5.24. The molecule has 0 bridgehead atoms. The van der Waals surface area contributed by atoms with E-state index >= 15 is 0 Å². The molecule has 0 unspecified atom stereocenters. The summed E-state index contributed by atoms with van der Waals surface area (Å²) in [6.07, 6.45) is -3.34. The van der Waals surface area contributed by atoms with Crippen LogP contribution in [0.4, 0.5) is 19.0 Å². The molecule has 0 spiro atoms. The second-order valence-corrected chi connectivity index (χ2v) is 7.02. The van der Waals surface area contributed by atoms with Crippen molar-refractivity contribution in [2.75, 3.05) is 12.4 Å². The Kier molecular flexibility index (Phi) is 4.46. The van der Waals surface area contributed by atoms with E-state index in [0.717, 1.165) is 43.8 Å². The van der Waals surface area contributed by atoms with Gasteiger partial charge in [-0.2, -0.15) is 13.2 Å². The fourth-order valence-corrected chi connectivity index (χ4v) is 3.90. The summed E-state index contributed by atoms with van der Waals surface area (Å²) in [6, 6.07) is 11.3. The predicted molar refractivity (Wildman–Crippen MR) is 101 cm³/mol. The second kappa shape index (κ2) is 6.83. The fraction of sp³-hybridized carbons (Fsp3) is 0.158. The van der Waals surface area contributed by atoms with Crippen LogP contribution in [0.2, 0.25) is 0 Å². The molecule has 0 saturated carbocycles. The number of ether oxygens (including phenoxy) is 1. The zero-order valence-corrected chi connectivity index (χ0v) is 15.4. The van der Waals surface area contributed by atoms with Crippen LogP contribution in [0.3, 0.4) is 0 Å². The summed E-state index contributed by atoms with van der Waals surface area (Å²) in [5, 5.41) is 5.55. The molecule has 5 nitrogen and oxygen atoms in total. The number of alkyl halides is 3. The van der Waals surface area contributed by atoms with Gasteiger partial charge in [-0.05, 0) is 28.5 Å². The molecule has 0 fully saturated rings. The first-order valence-electron chi connectivity index (χ1n) is 8.23. The Hall–Kier alpha value is -3.07. The van der Waals surface area contributed by atoms with E-state index in [-0.39, 0.29) is 23.0 Å². The topological polar surface area (TPSA) is 55.6 Å². The molecule has 0 radical (unpaired) electrons. The van der Waals surface area contributed by atoms with Crippen molar-refractivity contribution in [3.63, 3.8) is 0 Å². The summed E-state index contributed by atoms with van der Waals surface area (Å²) in [4.78, 5) is 16.5. The number of aromatic nitrogens is 2. The Morgan fingerprint density at radius 1 is 1.21 bits per heavy atom. The van der Waals surface area contributed by atoms with E-state index in [9.17, 15) is 18.0 Å². The maximum Gasteiger partial charge on any atom is 0.432 e. The number of imidazole rings is 1. The number of nitrogens with one attached hydrogen (secondary N) is 1. The minimum atomic E-state index is -4.48. The standard InChI is InChI=1S/C19H14F3N3O2S/c1-27-14-5-4-12-3-2-11(6-13(12)8-14)7-16(26)24-17-18-25(10-23-17)15(9-28-18)19(20,21)22/h2-6,8-10H,7H2,1H3,(H,24,26). The van der Waals surface area contributed by atoms with Crippen molar-refractivity contribution in [1.29, 1.82) is 0 Å². The number of hydrogen-bond acceptors (Lipinski definition) is 4. The van der Waals surface area contributed by atoms with Crippen LogP contribution in [-0.4, -0.2) is 22.4 Å². The lowest BCUT2D eigenvalue weighted by atomic mass is 10.0. The molecule has 0 atom stereocenters. The minimum absolute atomic E-state index is 0.0731. The van der Waals surface area contributed by atoms with E-state index in [1.807, 2.05) is 36.4 Å². The zero-order chi connectivity index (χ0) is 19.9. The van der Waals surface area contributed by atoms with Crippen LogP contribution >= 0.6 is 11.3 Å². The summed E-state index contributed by atoms with van der Waals surface area (Å²) in [6.45, 7) is 0. The predicted octanol–water partition coefficient (Wildman–Crippen LogP) is 4.76. The smallest absolute Gasteiger partial charge is 0.432 e. The maximum absolute atomic E-state index is 13.0. The van der Waals surface area contributed by atoms with Crippen molar-refractivity contribution in [1.82, 2.24) is 9.38 Å². The number of rotatable bonds is 4. The molecular weight excluding hydrogens is 391 g/mol. The minimum Gasteiger partial charge on any atom is -0.497 e. The molecule has 0 saturated heterocycles. The normalized spacial score (nSPS) is 11.9. The Morgan fingerprint density at radius 2 is 2.00 bits per heavy atom. The number of halogens is 3. The summed E-state index contributed by atoms with van der Waals surface area (Å²) in [5.74, 6) is 0.477. The van der Waals surface area contributed by atoms with Gasteiger partial charge in [-0.25, -0.2) is 4.98 Å². The first-order chi connectivity index (χ1) is 13.3. The number of thiazole rings is 1. The first kappa shape index (κ1) is 18.3. The number of anilines is 1. The number of hydrogen-bond donors (Lipinski definition) is 1. The Bertz CT molecular complexity index is 1180. The van der Waals surface area contributed by atoms with Gasteiger partial charge in [0.2, 0.25) is 5.91 Å². The van der Waals surface area contributed by atoms with Gasteiger partial charge in [0.15, 0.2) is 5.82 Å². The van der Waals surface area contributed by atoms with Crippen LogP contribution < -0.4 is 10.1 Å². The highest BCUT2D eigenvalue weighted by molar-refractivity contribution is 7.16. The van der Waals surface area contributed by atoms with Gasteiger partial charge in [0.25, 0.3) is 0 Å². The number of carbonyl (C=O) groups excluding carboxylic acids is 1. The molecule has 1 N–H and O–H groups in total. The van der Waals surface area contributed by atoms with Gasteiger partial charge in [0.05, 0.1) is 13.5 Å². The molecule has 1 amide bonds. The fourth-order valence-electron chi connectivity index (χ4n) is 2.95. The van der Waals surface area contributed by atoms with Gasteiger partial charge < -0.3 is 10.1 Å². The van der Waals surface area contributed by atoms with Gasteiger partial charge >= 0.3 is 6.18 Å². The van der Waals surface area contributed by atoms with Crippen LogP contribution in [0.25, 0.3) is 15.6 Å². The SMILES string of the molecule is COc1ccc2ccc(CC(=O)Nc3ncn4c(C(F)(F)F)csc34)cc2c1. The number of fused-ring (bicyclic) bond motifs is 2. The average molecular weight is 405 g/mol. The van der Waals surface area contributed by atoms with Crippen LogP contribution in [0.5, 0.6) is 5.75 Å². The molecule has 28 heavy (non-hydrogen) atoms. The lowest BCUT2D eigenvalue weighted by Crippen LogP contribution is -2.14. The Balaban J connectivity index is 1.54. The Labute approximate surface area is 161 Å². The van der Waals surface area contributed by atoms with Crippen molar-refractivity contribution in [2.24, 2.45) is 0 Å². The van der Waals surface area contributed by atoms with Gasteiger partial charge in [-0.15, -0.1) is 11.3 Å². The molecule has 4 rings (SSSR count). The highest BCUT2D eigenvalue weighted by Crippen LogP contribution is 2.35. The third-order valence-electron chi connectivity index (χ3n) is 4.29. The van der Waals surface area contributed by atoms with Gasteiger partial charge in [-0.3, -0.25) is 9.20 Å². The van der Waals surface area contributed by atoms with Crippen molar-refractivity contribution in [2.45, 2.75) is 12.6 Å². The molecule has 2 aromatic carbocycles. The van der Waals surface area contributed by atoms with Gasteiger partial charge in [0, 0.05) is 5.38 Å². The lowest BCUT2D eigenvalue weighted by Gasteiger charge is -2.06. The van der Waals surface area contributed by atoms with Crippen LogP contribution in [-0.2, 0) is 17.4 Å². The lowest BCUT2D eigenvalue weighted by molar-refractivity contribution is -0.141. The third kappa shape index (κ3) is 3.40.